The van der Waals surface area contributed by atoms with Crippen LogP contribution in [0.4, 0.5) is 17.6 Å². The fourth-order valence-corrected chi connectivity index (χ4v) is 3.14. The minimum atomic E-state index is 0.221. The molecule has 1 saturated carbocycles. The predicted octanol–water partition coefficient (Wildman–Crippen LogP) is 2.95. The number of nitrogens with zero attached hydrogens (tertiary/aromatic N) is 6. The zero-order valence-corrected chi connectivity index (χ0v) is 15.2. The second kappa shape index (κ2) is 6.45. The van der Waals surface area contributed by atoms with Crippen LogP contribution in [0.2, 0.25) is 0 Å². The van der Waals surface area contributed by atoms with Crippen LogP contribution in [0.3, 0.4) is 0 Å². The summed E-state index contributed by atoms with van der Waals surface area (Å²) in [6.07, 6.45) is 5.52. The second-order valence-corrected chi connectivity index (χ2v) is 6.60. The normalized spacial score (nSPS) is 13.6. The van der Waals surface area contributed by atoms with E-state index in [0.29, 0.717) is 17.7 Å². The maximum Gasteiger partial charge on any atom is 0.229 e. The van der Waals surface area contributed by atoms with E-state index in [1.807, 2.05) is 24.3 Å². The van der Waals surface area contributed by atoms with Crippen LogP contribution in [0.15, 0.2) is 42.7 Å². The number of aromatic nitrogens is 6. The maximum atomic E-state index is 5.76. The van der Waals surface area contributed by atoms with Gasteiger partial charge in [0.05, 0.1) is 13.3 Å². The van der Waals surface area contributed by atoms with Crippen LogP contribution in [0, 0.1) is 0 Å². The number of hydrogen-bond acceptors (Lipinski definition) is 8. The van der Waals surface area contributed by atoms with Crippen molar-refractivity contribution in [2.75, 3.05) is 18.2 Å². The average molecular weight is 374 g/mol. The molecule has 28 heavy (non-hydrogen) atoms. The Labute approximate surface area is 160 Å². The van der Waals surface area contributed by atoms with Crippen molar-refractivity contribution in [1.82, 2.24) is 29.5 Å². The SMILES string of the molecule is COc1cccc(Nc2ncc3nc(-c4ccnc(N)n4)n(C4CC4)c3n2)c1. The van der Waals surface area contributed by atoms with E-state index in [4.69, 9.17) is 20.4 Å². The molecule has 3 N–H and O–H groups in total. The second-order valence-electron chi connectivity index (χ2n) is 6.60. The van der Waals surface area contributed by atoms with E-state index in [2.05, 4.69) is 24.8 Å². The molecular formula is C19H18N8O. The molecule has 3 aromatic heterocycles. The monoisotopic (exact) mass is 374 g/mol. The van der Waals surface area contributed by atoms with Crippen molar-refractivity contribution in [3.05, 3.63) is 42.7 Å². The van der Waals surface area contributed by atoms with Crippen molar-refractivity contribution in [2.45, 2.75) is 18.9 Å². The van der Waals surface area contributed by atoms with Crippen molar-refractivity contribution in [1.29, 1.82) is 0 Å². The van der Waals surface area contributed by atoms with E-state index in [-0.39, 0.29) is 5.95 Å². The first-order valence-electron chi connectivity index (χ1n) is 8.96. The molecule has 0 aliphatic heterocycles. The third-order valence-electron chi connectivity index (χ3n) is 4.57. The topological polar surface area (TPSA) is 117 Å². The number of fused-ring (bicyclic) bond motifs is 1. The van der Waals surface area contributed by atoms with Gasteiger partial charge in [0, 0.05) is 24.0 Å². The predicted molar refractivity (Wildman–Crippen MR) is 105 cm³/mol. The van der Waals surface area contributed by atoms with Gasteiger partial charge in [-0.3, -0.25) is 0 Å². The van der Waals surface area contributed by atoms with Gasteiger partial charge in [0.15, 0.2) is 11.5 Å². The van der Waals surface area contributed by atoms with Crippen molar-refractivity contribution in [3.63, 3.8) is 0 Å². The van der Waals surface area contributed by atoms with Gasteiger partial charge in [-0.2, -0.15) is 4.98 Å². The molecule has 0 atom stereocenters. The summed E-state index contributed by atoms with van der Waals surface area (Å²) in [5.74, 6) is 2.21. The molecule has 1 fully saturated rings. The van der Waals surface area contributed by atoms with Gasteiger partial charge >= 0.3 is 0 Å². The molecule has 9 nitrogen and oxygen atoms in total. The van der Waals surface area contributed by atoms with Crippen LogP contribution in [-0.4, -0.2) is 36.6 Å². The molecule has 0 radical (unpaired) electrons. The van der Waals surface area contributed by atoms with Gasteiger partial charge in [-0.15, -0.1) is 0 Å². The highest BCUT2D eigenvalue weighted by Crippen LogP contribution is 2.40. The largest absolute Gasteiger partial charge is 0.497 e. The standard InChI is InChI=1S/C19H18N8O/c1-28-13-4-2-3-11(9-13)23-19-22-10-15-17(26-19)27(12-5-6-12)16(24-15)14-7-8-21-18(20)25-14/h2-4,7-10,12H,5-6H2,1H3,(H2,20,21,25)(H,22,23,26). The molecule has 4 aromatic rings. The van der Waals surface area contributed by atoms with Crippen molar-refractivity contribution in [2.24, 2.45) is 0 Å². The first-order chi connectivity index (χ1) is 13.7. The Hall–Kier alpha value is -3.75. The summed E-state index contributed by atoms with van der Waals surface area (Å²) in [7, 11) is 1.64. The molecule has 0 spiro atoms. The lowest BCUT2D eigenvalue weighted by Gasteiger charge is -2.08. The van der Waals surface area contributed by atoms with Gasteiger partial charge < -0.3 is 20.4 Å². The van der Waals surface area contributed by atoms with Gasteiger partial charge in [-0.25, -0.2) is 19.9 Å². The minimum Gasteiger partial charge on any atom is -0.497 e. The number of anilines is 3. The van der Waals surface area contributed by atoms with E-state index < -0.39 is 0 Å². The fraction of sp³-hybridized carbons (Fsp3) is 0.211. The van der Waals surface area contributed by atoms with E-state index >= 15 is 0 Å². The zero-order chi connectivity index (χ0) is 19.1. The Morgan fingerprint density at radius 3 is 2.82 bits per heavy atom. The first kappa shape index (κ1) is 16.4. The number of nitrogens with two attached hydrogens (primary N) is 1. The fourth-order valence-electron chi connectivity index (χ4n) is 3.14. The maximum absolute atomic E-state index is 5.76. The van der Waals surface area contributed by atoms with Gasteiger partial charge in [0.25, 0.3) is 0 Å². The Kier molecular flexibility index (Phi) is 3.78. The van der Waals surface area contributed by atoms with E-state index in [1.165, 1.54) is 0 Å². The van der Waals surface area contributed by atoms with Crippen molar-refractivity contribution >= 4 is 28.7 Å². The number of ether oxygens (including phenoxy) is 1. The molecule has 5 rings (SSSR count). The summed E-state index contributed by atoms with van der Waals surface area (Å²) < 4.78 is 7.39. The number of imidazole rings is 1. The van der Waals surface area contributed by atoms with Gasteiger partial charge in [-0.1, -0.05) is 6.07 Å². The summed E-state index contributed by atoms with van der Waals surface area (Å²) in [5.41, 5.74) is 8.78. The van der Waals surface area contributed by atoms with Crippen LogP contribution < -0.4 is 15.8 Å². The lowest BCUT2D eigenvalue weighted by Crippen LogP contribution is -2.03. The van der Waals surface area contributed by atoms with Crippen molar-refractivity contribution in [3.8, 4) is 17.3 Å². The number of methoxy groups -OCH3 is 1. The van der Waals surface area contributed by atoms with Gasteiger partial charge in [-0.05, 0) is 31.0 Å². The van der Waals surface area contributed by atoms with Crippen LogP contribution >= 0.6 is 0 Å². The number of nitrogens with one attached hydrogen (secondary N) is 1. The average Bonchev–Trinajstić information content (AvgIpc) is 3.48. The molecule has 140 valence electrons. The molecular weight excluding hydrogens is 356 g/mol. The number of benzene rings is 1. The Morgan fingerprint density at radius 2 is 2.04 bits per heavy atom. The quantitative estimate of drug-likeness (QED) is 0.548. The summed E-state index contributed by atoms with van der Waals surface area (Å²) >= 11 is 0. The Balaban J connectivity index is 1.58. The number of rotatable bonds is 5. The zero-order valence-electron chi connectivity index (χ0n) is 15.2. The lowest BCUT2D eigenvalue weighted by molar-refractivity contribution is 0.415. The smallest absolute Gasteiger partial charge is 0.229 e. The van der Waals surface area contributed by atoms with Crippen molar-refractivity contribution < 1.29 is 4.74 Å². The first-order valence-corrected chi connectivity index (χ1v) is 8.96. The Bertz CT molecular complexity index is 1170. The highest BCUT2D eigenvalue weighted by Gasteiger charge is 2.30. The summed E-state index contributed by atoms with van der Waals surface area (Å²) in [5, 5.41) is 3.23. The highest BCUT2D eigenvalue weighted by molar-refractivity contribution is 5.77. The molecule has 0 amide bonds. The lowest BCUT2D eigenvalue weighted by atomic mass is 10.3. The van der Waals surface area contributed by atoms with Crippen LogP contribution in [0.25, 0.3) is 22.7 Å². The third-order valence-corrected chi connectivity index (χ3v) is 4.57. The van der Waals surface area contributed by atoms with Gasteiger partial charge in [0.1, 0.15) is 17.0 Å². The van der Waals surface area contributed by atoms with E-state index in [9.17, 15) is 0 Å². The number of hydrogen-bond donors (Lipinski definition) is 2. The molecule has 0 unspecified atom stereocenters. The van der Waals surface area contributed by atoms with Crippen LogP contribution in [0.5, 0.6) is 5.75 Å². The minimum absolute atomic E-state index is 0.221. The third kappa shape index (κ3) is 2.96. The summed E-state index contributed by atoms with van der Waals surface area (Å²) in [4.78, 5) is 22.1. The molecule has 1 aromatic carbocycles. The molecule has 1 aliphatic rings. The summed E-state index contributed by atoms with van der Waals surface area (Å²) in [6, 6.07) is 9.78. The Morgan fingerprint density at radius 1 is 1.14 bits per heavy atom. The molecule has 0 bridgehead atoms. The molecule has 3 heterocycles. The van der Waals surface area contributed by atoms with Crippen LogP contribution in [0.1, 0.15) is 18.9 Å². The summed E-state index contributed by atoms with van der Waals surface area (Å²) in [6.45, 7) is 0. The van der Waals surface area contributed by atoms with E-state index in [0.717, 1.165) is 41.3 Å². The molecule has 1 aliphatic carbocycles. The van der Waals surface area contributed by atoms with Gasteiger partial charge in [0.2, 0.25) is 11.9 Å². The highest BCUT2D eigenvalue weighted by atomic mass is 16.5. The van der Waals surface area contributed by atoms with Crippen LogP contribution in [-0.2, 0) is 0 Å². The van der Waals surface area contributed by atoms with E-state index in [1.54, 1.807) is 25.6 Å². The molecule has 9 heteroatoms. The molecule has 0 saturated heterocycles. The number of nitrogen functional groups attached to an aromatic ring is 1.